The normalized spacial score (nSPS) is 22.1. The molecule has 3 heterocycles. The minimum atomic E-state index is -5.08. The van der Waals surface area contributed by atoms with Gasteiger partial charge in [0.05, 0.1) is 16.8 Å². The summed E-state index contributed by atoms with van der Waals surface area (Å²) in [5.74, 6) is -5.33. The molecule has 1 aromatic rings. The average molecular weight is 616 g/mol. The number of fused-ring (bicyclic) bond motifs is 1. The first-order valence-corrected chi connectivity index (χ1v) is 14.5. The van der Waals surface area contributed by atoms with Crippen molar-refractivity contribution in [2.75, 3.05) is 31.1 Å². The third-order valence-electron chi connectivity index (χ3n) is 5.71. The number of sulfone groups is 1. The van der Waals surface area contributed by atoms with Crippen LogP contribution in [0, 0.1) is 0 Å². The zero-order valence-electron chi connectivity index (χ0n) is 20.4. The Morgan fingerprint density at radius 1 is 1.03 bits per heavy atom. The summed E-state index contributed by atoms with van der Waals surface area (Å²) in [6.07, 6.45) is -5.74. The van der Waals surface area contributed by atoms with E-state index in [0.717, 1.165) is 5.56 Å². The molecule has 11 nitrogen and oxygen atoms in total. The van der Waals surface area contributed by atoms with Gasteiger partial charge in [-0.25, -0.2) is 30.7 Å². The number of hydrogen-bond acceptors (Lipinski definition) is 8. The number of alkyl halides is 6. The third-order valence-corrected chi connectivity index (χ3v) is 9.82. The van der Waals surface area contributed by atoms with Crippen molar-refractivity contribution < 1.29 is 63.0 Å². The molecule has 0 aliphatic carbocycles. The summed E-state index contributed by atoms with van der Waals surface area (Å²) >= 11 is 0. The van der Waals surface area contributed by atoms with E-state index in [2.05, 4.69) is 9.88 Å². The number of carboxylic acids is 2. The van der Waals surface area contributed by atoms with Gasteiger partial charge in [0.1, 0.15) is 0 Å². The molecule has 2 aliphatic rings. The van der Waals surface area contributed by atoms with Gasteiger partial charge in [-0.2, -0.15) is 26.3 Å². The van der Waals surface area contributed by atoms with E-state index >= 15 is 0 Å². The molecule has 0 spiro atoms. The van der Waals surface area contributed by atoms with Crippen molar-refractivity contribution in [1.82, 2.24) is 14.2 Å². The van der Waals surface area contributed by atoms with Crippen LogP contribution in [-0.2, 0) is 36.0 Å². The predicted molar refractivity (Wildman–Crippen MR) is 124 cm³/mol. The maximum Gasteiger partial charge on any atom is 0.490 e. The fourth-order valence-corrected chi connectivity index (χ4v) is 6.99. The standard InChI is InChI=1S/C16H25N3O4S2.2C2HF3O2/c1-2-25(22,23)19-8-5-15-16(6-9-19)24(20,21)11-10-18(15)13-14-4-3-7-17-12-14;2*3-2(4,5)1(6)7/h3-4,7,12,15-16H,2,5-6,8-11,13H2,1H3;2*(H,6,7)/t15-,16+;;/m0../s1. The first kappa shape index (κ1) is 34.5. The molecule has 19 heteroatoms. The summed E-state index contributed by atoms with van der Waals surface area (Å²) in [5.41, 5.74) is 1.04. The molecular formula is C20H27F6N3O8S2. The predicted octanol–water partition coefficient (Wildman–Crippen LogP) is 1.76. The van der Waals surface area contributed by atoms with E-state index in [0.29, 0.717) is 32.5 Å². The van der Waals surface area contributed by atoms with E-state index in [1.165, 1.54) is 4.31 Å². The number of hydrogen-bond donors (Lipinski definition) is 2. The van der Waals surface area contributed by atoms with Crippen LogP contribution in [0.4, 0.5) is 26.3 Å². The Kier molecular flexibility index (Phi) is 12.1. The molecule has 0 unspecified atom stereocenters. The number of carbonyl (C=O) groups is 2. The second kappa shape index (κ2) is 13.7. The second-order valence-corrected chi connectivity index (χ2v) is 12.9. The number of aromatic nitrogens is 1. The maximum atomic E-state index is 12.6. The molecule has 0 amide bonds. The van der Waals surface area contributed by atoms with E-state index in [-0.39, 0.29) is 24.1 Å². The van der Waals surface area contributed by atoms with E-state index in [1.54, 1.807) is 19.3 Å². The number of nitrogens with zero attached hydrogens (tertiary/aromatic N) is 3. The molecule has 2 aliphatic heterocycles. The van der Waals surface area contributed by atoms with Gasteiger partial charge in [-0.1, -0.05) is 6.07 Å². The van der Waals surface area contributed by atoms with Gasteiger partial charge in [0, 0.05) is 44.6 Å². The Morgan fingerprint density at radius 2 is 1.54 bits per heavy atom. The molecule has 0 aromatic carbocycles. The average Bonchev–Trinajstić information content (AvgIpc) is 3.06. The lowest BCUT2D eigenvalue weighted by Gasteiger charge is -2.40. The molecule has 2 fully saturated rings. The summed E-state index contributed by atoms with van der Waals surface area (Å²) < 4.78 is 115. The SMILES string of the molecule is CCS(=O)(=O)N1CC[C@@H]2[C@H](CC1)N(Cc1cccnc1)CCS2(=O)=O.O=C(O)C(F)(F)F.O=C(O)C(F)(F)F. The quantitative estimate of drug-likeness (QED) is 0.478. The lowest BCUT2D eigenvalue weighted by atomic mass is 10.1. The van der Waals surface area contributed by atoms with E-state index in [9.17, 15) is 43.2 Å². The van der Waals surface area contributed by atoms with Crippen molar-refractivity contribution >= 4 is 31.8 Å². The van der Waals surface area contributed by atoms with Gasteiger partial charge in [0.15, 0.2) is 9.84 Å². The number of halogens is 6. The lowest BCUT2D eigenvalue weighted by molar-refractivity contribution is -0.193. The summed E-state index contributed by atoms with van der Waals surface area (Å²) in [7, 11) is -6.48. The van der Waals surface area contributed by atoms with E-state index < -0.39 is 49.4 Å². The largest absolute Gasteiger partial charge is 0.490 e. The van der Waals surface area contributed by atoms with Crippen molar-refractivity contribution in [3.05, 3.63) is 30.1 Å². The molecule has 2 saturated heterocycles. The highest BCUT2D eigenvalue weighted by molar-refractivity contribution is 7.92. The van der Waals surface area contributed by atoms with Crippen molar-refractivity contribution in [3.63, 3.8) is 0 Å². The third kappa shape index (κ3) is 10.9. The molecule has 2 atom stereocenters. The molecule has 0 bridgehead atoms. The Labute approximate surface area is 220 Å². The number of rotatable bonds is 4. The summed E-state index contributed by atoms with van der Waals surface area (Å²) in [6, 6.07) is 3.71. The zero-order valence-corrected chi connectivity index (χ0v) is 22.0. The molecule has 39 heavy (non-hydrogen) atoms. The van der Waals surface area contributed by atoms with Crippen LogP contribution in [0.25, 0.3) is 0 Å². The monoisotopic (exact) mass is 615 g/mol. The first-order valence-electron chi connectivity index (χ1n) is 11.1. The summed E-state index contributed by atoms with van der Waals surface area (Å²) in [5, 5.41) is 13.8. The highest BCUT2D eigenvalue weighted by Gasteiger charge is 2.44. The Morgan fingerprint density at radius 3 is 1.97 bits per heavy atom. The highest BCUT2D eigenvalue weighted by atomic mass is 32.2. The molecule has 2 N–H and O–H groups in total. The van der Waals surface area contributed by atoms with Gasteiger partial charge in [-0.15, -0.1) is 0 Å². The zero-order chi connectivity index (χ0) is 30.2. The van der Waals surface area contributed by atoms with Gasteiger partial charge >= 0.3 is 24.3 Å². The molecular weight excluding hydrogens is 588 g/mol. The van der Waals surface area contributed by atoms with Gasteiger partial charge in [-0.3, -0.25) is 9.88 Å². The van der Waals surface area contributed by atoms with Crippen LogP contribution in [0.1, 0.15) is 25.3 Å². The van der Waals surface area contributed by atoms with Gasteiger partial charge < -0.3 is 10.2 Å². The highest BCUT2D eigenvalue weighted by Crippen LogP contribution is 2.30. The Balaban J connectivity index is 0.000000449. The van der Waals surface area contributed by atoms with Crippen molar-refractivity contribution in [1.29, 1.82) is 0 Å². The fraction of sp³-hybridized carbons (Fsp3) is 0.650. The van der Waals surface area contributed by atoms with Crippen molar-refractivity contribution in [2.24, 2.45) is 0 Å². The number of sulfonamides is 1. The van der Waals surface area contributed by atoms with E-state index in [1.807, 2.05) is 12.1 Å². The van der Waals surface area contributed by atoms with Crippen LogP contribution in [0.2, 0.25) is 0 Å². The van der Waals surface area contributed by atoms with E-state index in [4.69, 9.17) is 19.8 Å². The fourth-order valence-electron chi connectivity index (χ4n) is 3.82. The van der Waals surface area contributed by atoms with Gasteiger partial charge in [0.25, 0.3) is 0 Å². The number of carboxylic acid groups (broad SMARTS) is 2. The van der Waals surface area contributed by atoms with Gasteiger partial charge in [0.2, 0.25) is 10.0 Å². The van der Waals surface area contributed by atoms with Crippen LogP contribution in [0.5, 0.6) is 0 Å². The first-order chi connectivity index (χ1) is 17.7. The van der Waals surface area contributed by atoms with Crippen LogP contribution >= 0.6 is 0 Å². The lowest BCUT2D eigenvalue weighted by Crippen LogP contribution is -2.54. The van der Waals surface area contributed by atoms with Crippen LogP contribution in [0.15, 0.2) is 24.5 Å². The molecule has 3 rings (SSSR count). The summed E-state index contributed by atoms with van der Waals surface area (Å²) in [6.45, 7) is 3.43. The van der Waals surface area contributed by atoms with Crippen LogP contribution in [0.3, 0.4) is 0 Å². The smallest absolute Gasteiger partial charge is 0.475 e. The maximum absolute atomic E-state index is 12.6. The number of aliphatic carboxylic acids is 2. The van der Waals surface area contributed by atoms with Crippen molar-refractivity contribution in [2.45, 2.75) is 50.0 Å². The van der Waals surface area contributed by atoms with Crippen LogP contribution < -0.4 is 0 Å². The topological polar surface area (TPSA) is 162 Å². The van der Waals surface area contributed by atoms with Crippen molar-refractivity contribution in [3.8, 4) is 0 Å². The number of pyridine rings is 1. The minimum absolute atomic E-state index is 0.0501. The molecule has 0 saturated carbocycles. The molecule has 1 aromatic heterocycles. The summed E-state index contributed by atoms with van der Waals surface area (Å²) in [4.78, 5) is 24.1. The molecule has 0 radical (unpaired) electrons. The Hall–Kier alpha value is -2.51. The van der Waals surface area contributed by atoms with Gasteiger partial charge in [-0.05, 0) is 31.4 Å². The second-order valence-electron chi connectivity index (χ2n) is 8.29. The minimum Gasteiger partial charge on any atom is -0.475 e. The van der Waals surface area contributed by atoms with Crippen LogP contribution in [-0.4, -0.2) is 108 Å². The Bertz CT molecular complexity index is 1150. The molecule has 224 valence electrons.